The van der Waals surface area contributed by atoms with E-state index in [1.807, 2.05) is 0 Å². The molecule has 0 atom stereocenters. The van der Waals surface area contributed by atoms with Gasteiger partial charge in [-0.3, -0.25) is 4.79 Å². The van der Waals surface area contributed by atoms with Gasteiger partial charge in [-0.25, -0.2) is 13.2 Å². The summed E-state index contributed by atoms with van der Waals surface area (Å²) in [6.07, 6.45) is 2.75. The SMILES string of the molecule is CCOC(=O)C(=O)Nc1cc(C)c(Oc2ccc(O)c(S(=O)(=O)CC3CCC3)c2)c(Cl)c1. The topological polar surface area (TPSA) is 119 Å². The number of phenolic OH excluding ortho intramolecular Hbond substituents is 1. The largest absolute Gasteiger partial charge is 0.507 e. The molecular weight excluding hydrogens is 458 g/mol. The summed E-state index contributed by atoms with van der Waals surface area (Å²) in [6, 6.07) is 6.92. The first kappa shape index (κ1) is 23.9. The predicted molar refractivity (Wildman–Crippen MR) is 119 cm³/mol. The van der Waals surface area contributed by atoms with Crippen molar-refractivity contribution in [3.8, 4) is 17.2 Å². The van der Waals surface area contributed by atoms with Crippen molar-refractivity contribution in [1.82, 2.24) is 0 Å². The summed E-state index contributed by atoms with van der Waals surface area (Å²) in [6.45, 7) is 3.34. The van der Waals surface area contributed by atoms with Gasteiger partial charge in [-0.1, -0.05) is 18.0 Å². The third kappa shape index (κ3) is 5.52. The molecule has 1 aliphatic carbocycles. The highest BCUT2D eigenvalue weighted by Crippen LogP contribution is 2.38. The Hall–Kier alpha value is -2.78. The zero-order chi connectivity index (χ0) is 23.5. The van der Waals surface area contributed by atoms with Crippen molar-refractivity contribution in [1.29, 1.82) is 0 Å². The van der Waals surface area contributed by atoms with Gasteiger partial charge in [0.1, 0.15) is 22.1 Å². The summed E-state index contributed by atoms with van der Waals surface area (Å²) < 4.78 is 35.9. The lowest BCUT2D eigenvalue weighted by molar-refractivity contribution is -0.152. The van der Waals surface area contributed by atoms with Crippen molar-refractivity contribution < 1.29 is 32.6 Å². The molecule has 172 valence electrons. The number of anilines is 1. The van der Waals surface area contributed by atoms with Crippen molar-refractivity contribution in [2.75, 3.05) is 17.7 Å². The van der Waals surface area contributed by atoms with E-state index in [9.17, 15) is 23.1 Å². The molecule has 1 saturated carbocycles. The summed E-state index contributed by atoms with van der Waals surface area (Å²) >= 11 is 6.30. The van der Waals surface area contributed by atoms with E-state index in [-0.39, 0.29) is 51.1 Å². The molecule has 2 N–H and O–H groups in total. The van der Waals surface area contributed by atoms with Gasteiger partial charge in [-0.2, -0.15) is 0 Å². The fourth-order valence-corrected chi connectivity index (χ4v) is 5.42. The Bertz CT molecular complexity index is 1120. The predicted octanol–water partition coefficient (Wildman–Crippen LogP) is 4.22. The van der Waals surface area contributed by atoms with Crippen LogP contribution in [0.1, 0.15) is 31.7 Å². The van der Waals surface area contributed by atoms with Gasteiger partial charge in [-0.15, -0.1) is 0 Å². The number of ether oxygens (including phenoxy) is 2. The molecule has 0 aliphatic heterocycles. The normalized spacial score (nSPS) is 13.8. The number of carbonyl (C=O) groups is 2. The average molecular weight is 482 g/mol. The molecule has 0 unspecified atom stereocenters. The molecule has 0 aromatic heterocycles. The molecule has 10 heteroatoms. The quantitative estimate of drug-likeness (QED) is 0.448. The van der Waals surface area contributed by atoms with Gasteiger partial charge in [0, 0.05) is 11.8 Å². The van der Waals surface area contributed by atoms with E-state index >= 15 is 0 Å². The fourth-order valence-electron chi connectivity index (χ4n) is 3.30. The van der Waals surface area contributed by atoms with Crippen LogP contribution in [0.25, 0.3) is 0 Å². The molecule has 2 aromatic rings. The van der Waals surface area contributed by atoms with Gasteiger partial charge >= 0.3 is 11.9 Å². The van der Waals surface area contributed by atoms with Crippen LogP contribution in [0.2, 0.25) is 5.02 Å². The number of halogens is 1. The number of phenols is 1. The van der Waals surface area contributed by atoms with Crippen LogP contribution in [0.3, 0.4) is 0 Å². The Kier molecular flexibility index (Phi) is 7.30. The minimum atomic E-state index is -3.67. The second-order valence-electron chi connectivity index (χ2n) is 7.59. The van der Waals surface area contributed by atoms with Crippen LogP contribution in [0.15, 0.2) is 35.2 Å². The fraction of sp³-hybridized carbons (Fsp3) is 0.364. The van der Waals surface area contributed by atoms with E-state index in [0.29, 0.717) is 5.56 Å². The molecule has 0 spiro atoms. The summed E-state index contributed by atoms with van der Waals surface area (Å²) in [5.74, 6) is -1.76. The van der Waals surface area contributed by atoms with Gasteiger partial charge < -0.3 is 19.9 Å². The highest BCUT2D eigenvalue weighted by molar-refractivity contribution is 7.91. The second-order valence-corrected chi connectivity index (χ2v) is 10.00. The van der Waals surface area contributed by atoms with E-state index in [4.69, 9.17) is 16.3 Å². The standard InChI is InChI=1S/C22H24ClNO7S/c1-3-30-22(27)21(26)24-15-9-13(2)20(17(23)10-15)31-16-7-8-18(25)19(11-16)32(28,29)12-14-5-4-6-14/h7-11,14,25H,3-6,12H2,1-2H3,(H,24,26). The molecule has 2 aromatic carbocycles. The van der Waals surface area contributed by atoms with Crippen LogP contribution >= 0.6 is 11.6 Å². The van der Waals surface area contributed by atoms with Gasteiger partial charge in [-0.05, 0) is 62.4 Å². The zero-order valence-corrected chi connectivity index (χ0v) is 19.3. The number of sulfone groups is 1. The molecule has 0 radical (unpaired) electrons. The highest BCUT2D eigenvalue weighted by Gasteiger charge is 2.28. The van der Waals surface area contributed by atoms with E-state index in [2.05, 4.69) is 10.1 Å². The molecule has 8 nitrogen and oxygen atoms in total. The smallest absolute Gasteiger partial charge is 0.397 e. The third-order valence-corrected chi connectivity index (χ3v) is 7.30. The molecule has 3 rings (SSSR count). The van der Waals surface area contributed by atoms with Crippen LogP contribution in [-0.2, 0) is 24.2 Å². The first-order valence-electron chi connectivity index (χ1n) is 10.1. The Morgan fingerprint density at radius 1 is 1.22 bits per heavy atom. The lowest BCUT2D eigenvalue weighted by Gasteiger charge is -2.25. The maximum Gasteiger partial charge on any atom is 0.397 e. The number of hydrogen-bond donors (Lipinski definition) is 2. The number of nitrogens with one attached hydrogen (secondary N) is 1. The first-order chi connectivity index (χ1) is 15.1. The minimum absolute atomic E-state index is 0.0152. The maximum absolute atomic E-state index is 12.7. The number of amides is 1. The zero-order valence-electron chi connectivity index (χ0n) is 17.7. The third-order valence-electron chi connectivity index (χ3n) is 5.11. The van der Waals surface area contributed by atoms with E-state index in [0.717, 1.165) is 19.3 Å². The Morgan fingerprint density at radius 3 is 2.53 bits per heavy atom. The lowest BCUT2D eigenvalue weighted by Crippen LogP contribution is -2.25. The van der Waals surface area contributed by atoms with Crippen LogP contribution in [0.5, 0.6) is 17.2 Å². The van der Waals surface area contributed by atoms with Gasteiger partial charge in [0.15, 0.2) is 9.84 Å². The molecule has 32 heavy (non-hydrogen) atoms. The van der Waals surface area contributed by atoms with Crippen LogP contribution in [-0.4, -0.2) is 37.8 Å². The Balaban J connectivity index is 1.81. The number of carbonyl (C=O) groups excluding carboxylic acids is 2. The highest BCUT2D eigenvalue weighted by atomic mass is 35.5. The van der Waals surface area contributed by atoms with Crippen molar-refractivity contribution in [3.05, 3.63) is 40.9 Å². The Labute approximate surface area is 191 Å². The lowest BCUT2D eigenvalue weighted by atomic mass is 9.87. The summed E-state index contributed by atoms with van der Waals surface area (Å²) in [4.78, 5) is 23.1. The molecule has 0 heterocycles. The number of aryl methyl sites for hydroxylation is 1. The molecule has 1 fully saturated rings. The summed E-state index contributed by atoms with van der Waals surface area (Å²) in [7, 11) is -3.67. The maximum atomic E-state index is 12.7. The van der Waals surface area contributed by atoms with Gasteiger partial charge in [0.05, 0.1) is 17.4 Å². The molecular formula is C22H24ClNO7S. The molecule has 0 bridgehead atoms. The Morgan fingerprint density at radius 2 is 1.94 bits per heavy atom. The first-order valence-corrected chi connectivity index (χ1v) is 12.2. The number of rotatable bonds is 7. The van der Waals surface area contributed by atoms with Crippen LogP contribution in [0.4, 0.5) is 5.69 Å². The summed E-state index contributed by atoms with van der Waals surface area (Å²) in [5, 5.41) is 12.6. The van der Waals surface area contributed by atoms with E-state index < -0.39 is 21.7 Å². The monoisotopic (exact) mass is 481 g/mol. The number of benzene rings is 2. The van der Waals surface area contributed by atoms with E-state index in [1.165, 1.54) is 24.3 Å². The number of aromatic hydroxyl groups is 1. The van der Waals surface area contributed by atoms with Gasteiger partial charge in [0.25, 0.3) is 0 Å². The number of esters is 1. The minimum Gasteiger partial charge on any atom is -0.507 e. The van der Waals surface area contributed by atoms with E-state index in [1.54, 1.807) is 19.9 Å². The molecule has 0 saturated heterocycles. The van der Waals surface area contributed by atoms with Gasteiger partial charge in [0.2, 0.25) is 0 Å². The number of hydrogen-bond acceptors (Lipinski definition) is 7. The van der Waals surface area contributed by atoms with Crippen molar-refractivity contribution in [3.63, 3.8) is 0 Å². The molecule has 1 aliphatic rings. The van der Waals surface area contributed by atoms with Crippen molar-refractivity contribution in [2.24, 2.45) is 5.92 Å². The van der Waals surface area contributed by atoms with Crippen LogP contribution in [0, 0.1) is 12.8 Å². The average Bonchev–Trinajstić information content (AvgIpc) is 2.69. The van der Waals surface area contributed by atoms with Crippen molar-refractivity contribution >= 4 is 39.0 Å². The summed E-state index contributed by atoms with van der Waals surface area (Å²) in [5.41, 5.74) is 0.802. The second kappa shape index (κ2) is 9.79. The van der Waals surface area contributed by atoms with Crippen LogP contribution < -0.4 is 10.1 Å². The van der Waals surface area contributed by atoms with Crippen molar-refractivity contribution in [2.45, 2.75) is 38.0 Å². The molecule has 1 amide bonds.